The number of fused-ring (bicyclic) bond motifs is 10. The third-order valence-corrected chi connectivity index (χ3v) is 29.4. The van der Waals surface area contributed by atoms with E-state index in [1.54, 1.807) is 0 Å². The van der Waals surface area contributed by atoms with Crippen molar-refractivity contribution < 1.29 is 0 Å². The maximum Gasteiger partial charge on any atom is 0.0714 e. The van der Waals surface area contributed by atoms with Crippen molar-refractivity contribution in [1.82, 2.24) is 0 Å². The van der Waals surface area contributed by atoms with E-state index in [1.165, 1.54) is 199 Å². The minimum absolute atomic E-state index is 0.396. The Morgan fingerprint density at radius 1 is 0.136 bits per heavy atom. The summed E-state index contributed by atoms with van der Waals surface area (Å²) in [6.45, 7) is 0. The van der Waals surface area contributed by atoms with Gasteiger partial charge in [-0.3, -0.25) is 0 Å². The van der Waals surface area contributed by atoms with Gasteiger partial charge in [0.2, 0.25) is 0 Å². The van der Waals surface area contributed by atoms with Gasteiger partial charge in [-0.2, -0.15) is 0 Å². The second-order valence-corrected chi connectivity index (χ2v) is 36.8. The molecule has 0 heterocycles. The van der Waals surface area contributed by atoms with E-state index < -0.39 is 16.2 Å². The van der Waals surface area contributed by atoms with Crippen molar-refractivity contribution in [2.75, 3.05) is 16.0 Å². The van der Waals surface area contributed by atoms with Crippen molar-refractivity contribution in [2.45, 2.75) is 16.2 Å². The van der Waals surface area contributed by atoms with Crippen LogP contribution in [0.15, 0.2) is 558 Å². The Bertz CT molecular complexity index is 8610. The van der Waals surface area contributed by atoms with Crippen LogP contribution in [-0.2, 0) is 16.2 Å². The maximum atomic E-state index is 3.87. The molecule has 3 N–H and O–H groups in total. The summed E-state index contributed by atoms with van der Waals surface area (Å²) in [6, 6.07) is 203. The van der Waals surface area contributed by atoms with Gasteiger partial charge in [0, 0.05) is 50.8 Å². The minimum Gasteiger partial charge on any atom is -0.355 e. The van der Waals surface area contributed by atoms with Gasteiger partial charge in [0.05, 0.1) is 16.2 Å². The molecule has 0 saturated carbocycles. The van der Waals surface area contributed by atoms with Gasteiger partial charge in [-0.1, -0.05) is 504 Å². The standard InChI is InChI=1S/C47H31N.C47H33N.C43H31N/c1-3-14-34(15-4-1)47(35-16-5-2-6-17-35)42-20-9-7-18-38(42)41-30-36(26-29-43(41)47)48-44-21-10-8-19-39(44)37-27-24-33-23-22-31-12-11-13-32-25-28-40(37)46(33)45(31)32;1-4-17-34(18-5-1)46-38-23-11-10-16-33(38)28-30-41(46)40-25-13-15-27-45(40)48-37-29-31-44-42(32-37)39-24-12-14-26-43(39)47(44,35-19-6-2-7-20-35)36-21-8-3-9-22-36;1-4-16-31(17-5-1)35-22-10-11-23-36(35)39-25-13-15-27-42(39)44-34-28-29-38-37-24-12-14-26-40(37)43(41(38)30-34,32-18-6-2-7-19-32)33-20-8-3-9-21-33/h1-30,48H;1-32,48H;1-30,44H. The minimum atomic E-state index is -0.425. The number of benzene rings is 24. The smallest absolute Gasteiger partial charge is 0.0714 e. The van der Waals surface area contributed by atoms with Gasteiger partial charge in [-0.15, -0.1) is 0 Å². The molecule has 24 aromatic rings. The van der Waals surface area contributed by atoms with Crippen molar-refractivity contribution in [3.8, 4) is 89.0 Å². The van der Waals surface area contributed by atoms with Crippen LogP contribution in [-0.4, -0.2) is 0 Å². The summed E-state index contributed by atoms with van der Waals surface area (Å²) in [6.07, 6.45) is 0. The summed E-state index contributed by atoms with van der Waals surface area (Å²) >= 11 is 0. The SMILES string of the molecule is c1ccc(-c2c(-c3ccccc3Nc3ccc4c(c3)-c3ccccc3C4(c3ccccc3)c3ccccc3)ccc3ccccc23)cc1.c1ccc(-c2ccccc2-c2ccccc2Nc2ccc3c(c2)C(c2ccccc2)(c2ccccc2)c2ccccc2-3)cc1.c1ccc(C2(c3ccccc3)c3ccccc3-c3cc(Nc4ccccc4-c4ccc5ccc6cccc7ccc4c5c67)ccc32)cc1. The van der Waals surface area contributed by atoms with E-state index in [4.69, 9.17) is 0 Å². The first-order chi connectivity index (χ1) is 69.5. The second-order valence-electron chi connectivity index (χ2n) is 36.8. The van der Waals surface area contributed by atoms with Crippen LogP contribution in [0.5, 0.6) is 0 Å². The lowest BCUT2D eigenvalue weighted by Gasteiger charge is -2.34. The molecule has 0 fully saturated rings. The summed E-state index contributed by atoms with van der Waals surface area (Å²) < 4.78 is 0. The predicted molar refractivity (Wildman–Crippen MR) is 589 cm³/mol. The highest BCUT2D eigenvalue weighted by atomic mass is 14.9. The molecular formula is C137H95N3. The lowest BCUT2D eigenvalue weighted by molar-refractivity contribution is 0.768. The number of para-hydroxylation sites is 3. The Morgan fingerprint density at radius 2 is 0.421 bits per heavy atom. The molecule has 140 heavy (non-hydrogen) atoms. The molecule has 658 valence electrons. The number of rotatable bonds is 17. The first kappa shape index (κ1) is 83.8. The summed E-state index contributed by atoms with van der Waals surface area (Å²) in [5.41, 5.74) is 40.5. The van der Waals surface area contributed by atoms with Crippen LogP contribution in [0.1, 0.15) is 66.8 Å². The largest absolute Gasteiger partial charge is 0.355 e. The molecule has 0 aliphatic heterocycles. The van der Waals surface area contributed by atoms with Crippen molar-refractivity contribution in [3.05, 3.63) is 625 Å². The average Bonchev–Trinajstić information content (AvgIpc) is 1.55. The molecule has 0 radical (unpaired) electrons. The molecule has 0 spiro atoms. The van der Waals surface area contributed by atoms with E-state index in [1.807, 2.05) is 0 Å². The molecule has 3 heteroatoms. The van der Waals surface area contributed by atoms with Gasteiger partial charge in [0.25, 0.3) is 0 Å². The lowest BCUT2D eigenvalue weighted by Crippen LogP contribution is -2.28. The summed E-state index contributed by atoms with van der Waals surface area (Å²) in [5.74, 6) is 0. The zero-order valence-corrected chi connectivity index (χ0v) is 77.1. The summed E-state index contributed by atoms with van der Waals surface area (Å²) in [4.78, 5) is 0. The van der Waals surface area contributed by atoms with Crippen LogP contribution in [0, 0.1) is 0 Å². The van der Waals surface area contributed by atoms with Gasteiger partial charge in [0.1, 0.15) is 0 Å². The van der Waals surface area contributed by atoms with Gasteiger partial charge in [-0.05, 0) is 237 Å². The summed E-state index contributed by atoms with van der Waals surface area (Å²) in [7, 11) is 0. The Balaban J connectivity index is 0.000000111. The van der Waals surface area contributed by atoms with E-state index in [0.29, 0.717) is 0 Å². The molecule has 0 aromatic heterocycles. The van der Waals surface area contributed by atoms with E-state index in [2.05, 4.69) is 574 Å². The van der Waals surface area contributed by atoms with Crippen LogP contribution >= 0.6 is 0 Å². The molecule has 0 atom stereocenters. The van der Waals surface area contributed by atoms with Gasteiger partial charge < -0.3 is 16.0 Å². The third kappa shape index (κ3) is 14.1. The topological polar surface area (TPSA) is 36.1 Å². The van der Waals surface area contributed by atoms with E-state index in [-0.39, 0.29) is 0 Å². The Kier molecular flexibility index (Phi) is 21.3. The van der Waals surface area contributed by atoms with Gasteiger partial charge >= 0.3 is 0 Å². The fraction of sp³-hybridized carbons (Fsp3) is 0.0219. The molecular weight excluding hydrogens is 1690 g/mol. The molecule has 0 unspecified atom stereocenters. The number of anilines is 6. The Hall–Kier alpha value is -18.0. The Morgan fingerprint density at radius 3 is 0.886 bits per heavy atom. The maximum absolute atomic E-state index is 3.87. The highest BCUT2D eigenvalue weighted by Crippen LogP contribution is 2.61. The first-order valence-corrected chi connectivity index (χ1v) is 48.5. The molecule has 24 aromatic carbocycles. The monoisotopic (exact) mass is 1780 g/mol. The summed E-state index contributed by atoms with van der Waals surface area (Å²) in [5, 5.41) is 21.9. The van der Waals surface area contributed by atoms with Gasteiger partial charge in [-0.25, -0.2) is 0 Å². The quantitative estimate of drug-likeness (QED) is 0.0795. The van der Waals surface area contributed by atoms with Crippen molar-refractivity contribution in [3.63, 3.8) is 0 Å². The number of hydrogen-bond acceptors (Lipinski definition) is 3. The molecule has 3 aliphatic rings. The van der Waals surface area contributed by atoms with Crippen molar-refractivity contribution >= 4 is 77.2 Å². The first-order valence-electron chi connectivity index (χ1n) is 48.5. The second kappa shape index (κ2) is 35.7. The fourth-order valence-electron chi connectivity index (χ4n) is 23.5. The van der Waals surface area contributed by atoms with Crippen LogP contribution < -0.4 is 16.0 Å². The van der Waals surface area contributed by atoms with E-state index in [9.17, 15) is 0 Å². The highest BCUT2D eigenvalue weighted by Gasteiger charge is 2.49. The van der Waals surface area contributed by atoms with Crippen LogP contribution in [0.4, 0.5) is 34.1 Å². The average molecular weight is 1780 g/mol. The number of nitrogens with one attached hydrogen (secondary N) is 3. The van der Waals surface area contributed by atoms with Crippen molar-refractivity contribution in [1.29, 1.82) is 0 Å². The van der Waals surface area contributed by atoms with E-state index >= 15 is 0 Å². The third-order valence-electron chi connectivity index (χ3n) is 29.4. The van der Waals surface area contributed by atoms with Crippen LogP contribution in [0.2, 0.25) is 0 Å². The predicted octanol–water partition coefficient (Wildman–Crippen LogP) is 35.8. The normalized spacial score (nSPS) is 12.9. The molecule has 3 aliphatic carbocycles. The molecule has 0 saturated heterocycles. The molecule has 0 amide bonds. The lowest BCUT2D eigenvalue weighted by atomic mass is 9.67. The molecule has 0 bridgehead atoms. The molecule has 3 nitrogen and oxygen atoms in total. The highest BCUT2D eigenvalue weighted by molar-refractivity contribution is 6.26. The zero-order valence-electron chi connectivity index (χ0n) is 77.1. The van der Waals surface area contributed by atoms with Crippen LogP contribution in [0.25, 0.3) is 132 Å². The zero-order chi connectivity index (χ0) is 92.9. The van der Waals surface area contributed by atoms with Crippen molar-refractivity contribution in [2.24, 2.45) is 0 Å². The fourth-order valence-corrected chi connectivity index (χ4v) is 23.5. The van der Waals surface area contributed by atoms with Crippen LogP contribution in [0.3, 0.4) is 0 Å². The van der Waals surface area contributed by atoms with Gasteiger partial charge in [0.15, 0.2) is 0 Å². The number of hydrogen-bond donors (Lipinski definition) is 3. The Labute approximate surface area is 817 Å². The van der Waals surface area contributed by atoms with E-state index in [0.717, 1.165) is 34.1 Å². The molecule has 27 rings (SSSR count).